The first kappa shape index (κ1) is 17.3. The number of hydrogen-bond donors (Lipinski definition) is 2. The summed E-state index contributed by atoms with van der Waals surface area (Å²) >= 11 is 1.25. The highest BCUT2D eigenvalue weighted by Crippen LogP contribution is 2.17. The fourth-order valence-corrected chi connectivity index (χ4v) is 2.60. The molecule has 9 heteroatoms. The van der Waals surface area contributed by atoms with Crippen LogP contribution in [0.1, 0.15) is 32.2 Å². The Bertz CT molecular complexity index is 691. The van der Waals surface area contributed by atoms with Gasteiger partial charge >= 0.3 is 0 Å². The van der Waals surface area contributed by atoms with Crippen molar-refractivity contribution in [3.63, 3.8) is 0 Å². The van der Waals surface area contributed by atoms with Crippen molar-refractivity contribution in [1.82, 2.24) is 30.0 Å². The number of thioether (sulfide) groups is 1. The second kappa shape index (κ2) is 7.03. The van der Waals surface area contributed by atoms with Gasteiger partial charge < -0.3 is 11.2 Å². The number of hydrogen-bond acceptors (Lipinski definition) is 6. The third kappa shape index (κ3) is 4.04. The van der Waals surface area contributed by atoms with Gasteiger partial charge in [0.2, 0.25) is 11.1 Å². The van der Waals surface area contributed by atoms with Gasteiger partial charge in [0.1, 0.15) is 0 Å². The number of rotatable bonds is 6. The lowest BCUT2D eigenvalue weighted by Gasteiger charge is -2.16. The van der Waals surface area contributed by atoms with E-state index in [9.17, 15) is 4.79 Å². The van der Waals surface area contributed by atoms with Crippen LogP contribution in [0.5, 0.6) is 0 Å². The standard InChI is InChI=1S/C14H23N7OS/c1-8(2)11(5)16-12(22)7-23-14-18-17-13(20(14)15)21-10(4)6-9(3)19-21/h6,8,11H,7,15H2,1-5H3,(H,16,22). The van der Waals surface area contributed by atoms with Crippen LogP contribution >= 0.6 is 11.8 Å². The van der Waals surface area contributed by atoms with E-state index in [0.717, 1.165) is 11.4 Å². The molecule has 0 aliphatic carbocycles. The molecule has 0 saturated heterocycles. The molecule has 1 amide bonds. The average molecular weight is 337 g/mol. The second-order valence-corrected chi connectivity index (χ2v) is 6.82. The fourth-order valence-electron chi connectivity index (χ4n) is 1.94. The number of carbonyl (C=O) groups excluding carboxylic acids is 1. The van der Waals surface area contributed by atoms with E-state index in [-0.39, 0.29) is 17.7 Å². The molecular formula is C14H23N7OS. The Labute approximate surface area is 139 Å². The third-order valence-corrected chi connectivity index (χ3v) is 4.51. The van der Waals surface area contributed by atoms with Crippen LogP contribution in [-0.4, -0.2) is 42.4 Å². The summed E-state index contributed by atoms with van der Waals surface area (Å²) in [5.41, 5.74) is 1.79. The maximum absolute atomic E-state index is 11.9. The van der Waals surface area contributed by atoms with E-state index in [4.69, 9.17) is 5.84 Å². The molecule has 3 N–H and O–H groups in total. The maximum atomic E-state index is 11.9. The van der Waals surface area contributed by atoms with Crippen LogP contribution in [0, 0.1) is 19.8 Å². The Hall–Kier alpha value is -2.03. The Morgan fingerprint density at radius 1 is 1.35 bits per heavy atom. The first-order valence-electron chi connectivity index (χ1n) is 7.46. The predicted octanol–water partition coefficient (Wildman–Crippen LogP) is 1.05. The summed E-state index contributed by atoms with van der Waals surface area (Å²) in [6, 6.07) is 2.06. The molecule has 0 aromatic carbocycles. The van der Waals surface area contributed by atoms with Crippen LogP contribution < -0.4 is 11.2 Å². The lowest BCUT2D eigenvalue weighted by Crippen LogP contribution is -2.37. The van der Waals surface area contributed by atoms with Crippen molar-refractivity contribution in [2.75, 3.05) is 11.6 Å². The molecule has 1 atom stereocenters. The molecule has 126 valence electrons. The molecule has 8 nitrogen and oxygen atoms in total. The van der Waals surface area contributed by atoms with Gasteiger partial charge in [-0.05, 0) is 32.8 Å². The summed E-state index contributed by atoms with van der Waals surface area (Å²) in [4.78, 5) is 11.9. The molecule has 0 bridgehead atoms. The van der Waals surface area contributed by atoms with Crippen LogP contribution in [0.4, 0.5) is 0 Å². The highest BCUT2D eigenvalue weighted by atomic mass is 32.2. The number of aromatic nitrogens is 5. The Kier molecular flexibility index (Phi) is 5.30. The summed E-state index contributed by atoms with van der Waals surface area (Å²) in [6.45, 7) is 9.93. The number of nitrogens with zero attached hydrogens (tertiary/aromatic N) is 5. The monoisotopic (exact) mass is 337 g/mol. The summed E-state index contributed by atoms with van der Waals surface area (Å²) in [5, 5.41) is 15.9. The number of carbonyl (C=O) groups is 1. The van der Waals surface area contributed by atoms with Crippen LogP contribution in [0.25, 0.3) is 5.95 Å². The van der Waals surface area contributed by atoms with Crippen molar-refractivity contribution in [3.8, 4) is 5.95 Å². The molecule has 0 fully saturated rings. The smallest absolute Gasteiger partial charge is 0.271 e. The maximum Gasteiger partial charge on any atom is 0.271 e. The Morgan fingerprint density at radius 3 is 2.61 bits per heavy atom. The largest absolute Gasteiger partial charge is 0.353 e. The molecule has 2 rings (SSSR count). The van der Waals surface area contributed by atoms with Gasteiger partial charge in [-0.1, -0.05) is 25.6 Å². The summed E-state index contributed by atoms with van der Waals surface area (Å²) in [7, 11) is 0. The molecule has 2 aromatic rings. The zero-order valence-electron chi connectivity index (χ0n) is 14.1. The molecule has 1 unspecified atom stereocenters. The summed E-state index contributed by atoms with van der Waals surface area (Å²) in [6.07, 6.45) is 0. The highest BCUT2D eigenvalue weighted by Gasteiger charge is 2.17. The molecule has 0 saturated carbocycles. The lowest BCUT2D eigenvalue weighted by molar-refractivity contribution is -0.119. The fraction of sp³-hybridized carbons (Fsp3) is 0.571. The van der Waals surface area contributed by atoms with Gasteiger partial charge in [-0.15, -0.1) is 10.2 Å². The zero-order valence-corrected chi connectivity index (χ0v) is 14.9. The highest BCUT2D eigenvalue weighted by molar-refractivity contribution is 7.99. The lowest BCUT2D eigenvalue weighted by atomic mass is 10.1. The van der Waals surface area contributed by atoms with Crippen molar-refractivity contribution in [1.29, 1.82) is 0 Å². The molecule has 2 heterocycles. The first-order valence-corrected chi connectivity index (χ1v) is 8.44. The zero-order chi connectivity index (χ0) is 17.1. The SMILES string of the molecule is Cc1cc(C)n(-c2nnc(SCC(=O)NC(C)C(C)C)n2N)n1. The molecule has 0 aliphatic heterocycles. The van der Waals surface area contributed by atoms with E-state index >= 15 is 0 Å². The number of nitrogen functional groups attached to an aromatic ring is 1. The van der Waals surface area contributed by atoms with Gasteiger partial charge in [0.05, 0.1) is 11.4 Å². The van der Waals surface area contributed by atoms with Crippen LogP contribution in [0.3, 0.4) is 0 Å². The van der Waals surface area contributed by atoms with Gasteiger partial charge in [0.15, 0.2) is 0 Å². The molecule has 0 spiro atoms. The normalized spacial score (nSPS) is 12.6. The molecule has 2 aromatic heterocycles. The minimum atomic E-state index is -0.0492. The summed E-state index contributed by atoms with van der Waals surface area (Å²) < 4.78 is 2.98. The van der Waals surface area contributed by atoms with Crippen LogP contribution in [-0.2, 0) is 4.79 Å². The van der Waals surface area contributed by atoms with Crippen molar-refractivity contribution >= 4 is 17.7 Å². The van der Waals surface area contributed by atoms with Crippen molar-refractivity contribution in [2.24, 2.45) is 5.92 Å². The van der Waals surface area contributed by atoms with Gasteiger partial charge in [0, 0.05) is 11.7 Å². The van der Waals surface area contributed by atoms with Gasteiger partial charge in [-0.25, -0.2) is 9.36 Å². The van der Waals surface area contributed by atoms with Gasteiger partial charge in [-0.2, -0.15) is 5.10 Å². The number of aryl methyl sites for hydroxylation is 2. The van der Waals surface area contributed by atoms with Crippen molar-refractivity contribution in [3.05, 3.63) is 17.5 Å². The minimum Gasteiger partial charge on any atom is -0.353 e. The molecular weight excluding hydrogens is 314 g/mol. The second-order valence-electron chi connectivity index (χ2n) is 5.88. The summed E-state index contributed by atoms with van der Waals surface area (Å²) in [5.74, 6) is 7.03. The quantitative estimate of drug-likeness (QED) is 0.603. The van der Waals surface area contributed by atoms with Gasteiger partial charge in [-0.3, -0.25) is 4.79 Å². The van der Waals surface area contributed by atoms with Crippen LogP contribution in [0.15, 0.2) is 11.2 Å². The van der Waals surface area contributed by atoms with Crippen molar-refractivity contribution < 1.29 is 4.79 Å². The Morgan fingerprint density at radius 2 is 2.04 bits per heavy atom. The van der Waals surface area contributed by atoms with Crippen molar-refractivity contribution in [2.45, 2.75) is 45.8 Å². The Balaban J connectivity index is 2.03. The van der Waals surface area contributed by atoms with E-state index in [1.54, 1.807) is 4.68 Å². The third-order valence-electron chi connectivity index (χ3n) is 3.57. The van der Waals surface area contributed by atoms with Gasteiger partial charge in [0.25, 0.3) is 5.95 Å². The molecule has 0 radical (unpaired) electrons. The van der Waals surface area contributed by atoms with E-state index in [0.29, 0.717) is 17.0 Å². The number of amides is 1. The van der Waals surface area contributed by atoms with Crippen LogP contribution in [0.2, 0.25) is 0 Å². The predicted molar refractivity (Wildman–Crippen MR) is 89.9 cm³/mol. The van der Waals surface area contributed by atoms with E-state index in [2.05, 4.69) is 34.5 Å². The average Bonchev–Trinajstić information content (AvgIpc) is 2.98. The first-order chi connectivity index (χ1) is 10.8. The van der Waals surface area contributed by atoms with E-state index in [1.807, 2.05) is 26.8 Å². The van der Waals surface area contributed by atoms with E-state index in [1.165, 1.54) is 16.4 Å². The topological polar surface area (TPSA) is 104 Å². The molecule has 0 aliphatic rings. The number of nitrogens with one attached hydrogen (secondary N) is 1. The molecule has 23 heavy (non-hydrogen) atoms. The minimum absolute atomic E-state index is 0.0492. The number of nitrogens with two attached hydrogens (primary N) is 1. The van der Waals surface area contributed by atoms with E-state index < -0.39 is 0 Å².